The number of fused-ring (bicyclic) bond motifs is 1. The van der Waals surface area contributed by atoms with Crippen LogP contribution in [0.25, 0.3) is 11.0 Å². The zero-order chi connectivity index (χ0) is 19.1. The molecular formula is C17H13F3N4O2. The van der Waals surface area contributed by atoms with Gasteiger partial charge in [0.15, 0.2) is 11.9 Å². The van der Waals surface area contributed by atoms with Crippen LogP contribution in [-0.4, -0.2) is 20.5 Å². The second-order valence-corrected chi connectivity index (χ2v) is 5.68. The van der Waals surface area contributed by atoms with Crippen LogP contribution in [0.3, 0.4) is 0 Å². The summed E-state index contributed by atoms with van der Waals surface area (Å²) in [4.78, 5) is 18.9. The molecule has 0 fully saturated rings. The molecule has 0 amide bonds. The highest BCUT2D eigenvalue weighted by Crippen LogP contribution is 2.32. The predicted molar refractivity (Wildman–Crippen MR) is 85.1 cm³/mol. The minimum atomic E-state index is -4.46. The van der Waals surface area contributed by atoms with Crippen LogP contribution >= 0.6 is 0 Å². The lowest BCUT2D eigenvalue weighted by atomic mass is 10.2. The normalized spacial score (nSPS) is 12.8. The minimum absolute atomic E-state index is 0.103. The maximum atomic E-state index is 12.8. The Balaban J connectivity index is 1.88. The first kappa shape index (κ1) is 17.5. The van der Waals surface area contributed by atoms with Gasteiger partial charge in [0.2, 0.25) is 0 Å². The van der Waals surface area contributed by atoms with E-state index < -0.39 is 23.8 Å². The van der Waals surface area contributed by atoms with Crippen LogP contribution in [0.5, 0.6) is 0 Å². The van der Waals surface area contributed by atoms with Crippen molar-refractivity contribution in [2.75, 3.05) is 0 Å². The average Bonchev–Trinajstić information content (AvgIpc) is 3.18. The third-order valence-corrected chi connectivity index (χ3v) is 3.92. The monoisotopic (exact) mass is 362 g/mol. The first-order valence-electron chi connectivity index (χ1n) is 7.54. The molecule has 0 spiro atoms. The lowest BCUT2D eigenvalue weighted by molar-refractivity contribution is -0.137. The number of aromatic nitrogens is 3. The van der Waals surface area contributed by atoms with Gasteiger partial charge in [-0.15, -0.1) is 0 Å². The van der Waals surface area contributed by atoms with E-state index in [0.29, 0.717) is 11.3 Å². The molecular weight excluding hydrogens is 349 g/mol. The second-order valence-electron chi connectivity index (χ2n) is 5.68. The lowest BCUT2D eigenvalue weighted by Gasteiger charge is -2.12. The quantitative estimate of drug-likeness (QED) is 0.720. The molecule has 26 heavy (non-hydrogen) atoms. The van der Waals surface area contributed by atoms with Crippen LogP contribution in [0.4, 0.5) is 13.2 Å². The summed E-state index contributed by atoms with van der Waals surface area (Å²) in [5.74, 6) is -0.387. The van der Waals surface area contributed by atoms with Gasteiger partial charge in [0.05, 0.1) is 16.6 Å². The molecule has 0 aliphatic carbocycles. The number of hydrogen-bond donors (Lipinski definition) is 1. The first-order chi connectivity index (χ1) is 12.2. The van der Waals surface area contributed by atoms with Crippen LogP contribution in [0.15, 0.2) is 30.3 Å². The summed E-state index contributed by atoms with van der Waals surface area (Å²) >= 11 is 0. The van der Waals surface area contributed by atoms with Gasteiger partial charge in [-0.25, -0.2) is 9.78 Å². The number of halogens is 3. The van der Waals surface area contributed by atoms with E-state index in [9.17, 15) is 18.0 Å². The SMILES string of the molecule is CC(OC(=O)c1ccc(C#N)[nH]1)c1nc2cc(C(F)(F)F)ccc2n1C. The number of aromatic amines is 1. The summed E-state index contributed by atoms with van der Waals surface area (Å²) in [6.45, 7) is 1.57. The number of carbonyl (C=O) groups excluding carboxylic acids is 1. The number of alkyl halides is 3. The van der Waals surface area contributed by atoms with Gasteiger partial charge >= 0.3 is 12.1 Å². The Labute approximate surface area is 145 Å². The van der Waals surface area contributed by atoms with Crippen molar-refractivity contribution >= 4 is 17.0 Å². The first-order valence-corrected chi connectivity index (χ1v) is 7.54. The van der Waals surface area contributed by atoms with Crippen LogP contribution < -0.4 is 0 Å². The van der Waals surface area contributed by atoms with Crippen molar-refractivity contribution in [3.05, 3.63) is 53.1 Å². The Morgan fingerprint density at radius 2 is 2.08 bits per heavy atom. The number of nitrogens with zero attached hydrogens (tertiary/aromatic N) is 3. The van der Waals surface area contributed by atoms with Crippen LogP contribution in [0.2, 0.25) is 0 Å². The molecule has 2 heterocycles. The Kier molecular flexibility index (Phi) is 4.20. The van der Waals surface area contributed by atoms with Crippen LogP contribution in [0.1, 0.15) is 40.6 Å². The number of nitriles is 1. The number of rotatable bonds is 3. The van der Waals surface area contributed by atoms with Crippen molar-refractivity contribution in [2.45, 2.75) is 19.2 Å². The third kappa shape index (κ3) is 3.13. The second kappa shape index (κ2) is 6.22. The molecule has 134 valence electrons. The maximum absolute atomic E-state index is 12.8. The highest BCUT2D eigenvalue weighted by Gasteiger charge is 2.31. The fourth-order valence-corrected chi connectivity index (χ4v) is 2.61. The number of benzene rings is 1. The van der Waals surface area contributed by atoms with E-state index >= 15 is 0 Å². The summed E-state index contributed by atoms with van der Waals surface area (Å²) in [7, 11) is 1.63. The number of carbonyl (C=O) groups is 1. The van der Waals surface area contributed by atoms with Crippen LogP contribution in [-0.2, 0) is 18.0 Å². The van der Waals surface area contributed by atoms with E-state index in [1.165, 1.54) is 18.2 Å². The standard InChI is InChI=1S/C17H13F3N4O2/c1-9(26-16(25)12-5-4-11(8-21)22-12)15-23-13-7-10(17(18,19)20)3-6-14(13)24(15)2/h3-7,9,22H,1-2H3. The molecule has 0 saturated heterocycles. The molecule has 1 aromatic carbocycles. The van der Waals surface area contributed by atoms with Gasteiger partial charge in [-0.1, -0.05) is 0 Å². The summed E-state index contributed by atoms with van der Waals surface area (Å²) < 4.78 is 45.4. The molecule has 1 atom stereocenters. The molecule has 0 aliphatic heterocycles. The zero-order valence-corrected chi connectivity index (χ0v) is 13.8. The topological polar surface area (TPSA) is 83.7 Å². The summed E-state index contributed by atoms with van der Waals surface area (Å²) in [5.41, 5.74) is 0.169. The van der Waals surface area contributed by atoms with Gasteiger partial charge in [0.1, 0.15) is 17.5 Å². The molecule has 0 aliphatic rings. The van der Waals surface area contributed by atoms with E-state index in [1.54, 1.807) is 18.5 Å². The minimum Gasteiger partial charge on any atom is -0.450 e. The number of imidazole rings is 1. The Bertz CT molecular complexity index is 1030. The van der Waals surface area contributed by atoms with Gasteiger partial charge < -0.3 is 14.3 Å². The summed E-state index contributed by atoms with van der Waals surface area (Å²) in [6.07, 6.45) is -5.26. The van der Waals surface area contributed by atoms with E-state index in [-0.39, 0.29) is 16.9 Å². The molecule has 6 nitrogen and oxygen atoms in total. The van der Waals surface area contributed by atoms with Crippen molar-refractivity contribution < 1.29 is 22.7 Å². The van der Waals surface area contributed by atoms with Crippen LogP contribution in [0, 0.1) is 11.3 Å². The lowest BCUT2D eigenvalue weighted by Crippen LogP contribution is -2.13. The number of ether oxygens (including phenoxy) is 1. The van der Waals surface area contributed by atoms with Gasteiger partial charge in [0.25, 0.3) is 0 Å². The number of H-pyrrole nitrogens is 1. The third-order valence-electron chi connectivity index (χ3n) is 3.92. The van der Waals surface area contributed by atoms with Gasteiger partial charge in [-0.05, 0) is 37.3 Å². The van der Waals surface area contributed by atoms with E-state index in [4.69, 9.17) is 10.00 Å². The molecule has 0 radical (unpaired) electrons. The molecule has 1 unspecified atom stereocenters. The summed E-state index contributed by atoms with van der Waals surface area (Å²) in [5, 5.41) is 8.76. The number of aryl methyl sites for hydroxylation is 1. The number of esters is 1. The van der Waals surface area contributed by atoms with Gasteiger partial charge in [-0.3, -0.25) is 0 Å². The van der Waals surface area contributed by atoms with Crippen molar-refractivity contribution in [1.29, 1.82) is 5.26 Å². The van der Waals surface area contributed by atoms with E-state index in [0.717, 1.165) is 12.1 Å². The summed E-state index contributed by atoms with van der Waals surface area (Å²) in [6, 6.07) is 7.98. The number of hydrogen-bond acceptors (Lipinski definition) is 4. The predicted octanol–water partition coefficient (Wildman–Crippen LogP) is 3.71. The zero-order valence-electron chi connectivity index (χ0n) is 13.8. The molecule has 2 aromatic heterocycles. The molecule has 3 aromatic rings. The molecule has 1 N–H and O–H groups in total. The van der Waals surface area contributed by atoms with E-state index in [2.05, 4.69) is 9.97 Å². The highest BCUT2D eigenvalue weighted by molar-refractivity contribution is 5.88. The Hall–Kier alpha value is -3.28. The largest absolute Gasteiger partial charge is 0.450 e. The highest BCUT2D eigenvalue weighted by atomic mass is 19.4. The van der Waals surface area contributed by atoms with E-state index in [1.807, 2.05) is 6.07 Å². The molecule has 0 saturated carbocycles. The van der Waals surface area contributed by atoms with Crippen molar-refractivity contribution in [3.8, 4) is 6.07 Å². The number of nitrogens with one attached hydrogen (secondary N) is 1. The fraction of sp³-hybridized carbons (Fsp3) is 0.235. The Morgan fingerprint density at radius 1 is 1.35 bits per heavy atom. The van der Waals surface area contributed by atoms with Crippen molar-refractivity contribution in [1.82, 2.24) is 14.5 Å². The fourth-order valence-electron chi connectivity index (χ4n) is 2.61. The molecule has 0 bridgehead atoms. The maximum Gasteiger partial charge on any atom is 0.416 e. The Morgan fingerprint density at radius 3 is 2.69 bits per heavy atom. The van der Waals surface area contributed by atoms with Crippen molar-refractivity contribution in [3.63, 3.8) is 0 Å². The van der Waals surface area contributed by atoms with Crippen molar-refractivity contribution in [2.24, 2.45) is 7.05 Å². The smallest absolute Gasteiger partial charge is 0.416 e. The average molecular weight is 362 g/mol. The molecule has 9 heteroatoms. The van der Waals surface area contributed by atoms with Gasteiger partial charge in [-0.2, -0.15) is 18.4 Å². The molecule has 3 rings (SSSR count). The van der Waals surface area contributed by atoms with Gasteiger partial charge in [0, 0.05) is 7.05 Å².